The van der Waals surface area contributed by atoms with Crippen molar-refractivity contribution in [1.82, 2.24) is 14.8 Å². The first-order chi connectivity index (χ1) is 10.8. The molecule has 0 radical (unpaired) electrons. The van der Waals surface area contributed by atoms with Crippen molar-refractivity contribution in [3.8, 4) is 0 Å². The number of aromatic nitrogens is 2. The van der Waals surface area contributed by atoms with E-state index < -0.39 is 0 Å². The van der Waals surface area contributed by atoms with Crippen molar-refractivity contribution >= 4 is 27.9 Å². The number of hydrogen-bond donors (Lipinski definition) is 1. The van der Waals surface area contributed by atoms with E-state index in [0.29, 0.717) is 0 Å². The molecule has 0 spiro atoms. The average Bonchev–Trinajstić information content (AvgIpc) is 3.19. The molecule has 1 amide bonds. The van der Waals surface area contributed by atoms with E-state index in [2.05, 4.69) is 27.6 Å². The third kappa shape index (κ3) is 2.42. The van der Waals surface area contributed by atoms with Crippen LogP contribution < -0.4 is 5.43 Å². The van der Waals surface area contributed by atoms with Gasteiger partial charge < -0.3 is 0 Å². The van der Waals surface area contributed by atoms with Gasteiger partial charge in [-0.2, -0.15) is 5.10 Å². The Morgan fingerprint density at radius 2 is 2.27 bits per heavy atom. The van der Waals surface area contributed by atoms with Gasteiger partial charge in [-0.05, 0) is 18.4 Å². The predicted molar refractivity (Wildman–Crippen MR) is 86.2 cm³/mol. The van der Waals surface area contributed by atoms with Gasteiger partial charge in [-0.3, -0.25) is 9.20 Å². The van der Waals surface area contributed by atoms with Crippen LogP contribution in [0.3, 0.4) is 0 Å². The molecule has 22 heavy (non-hydrogen) atoms. The van der Waals surface area contributed by atoms with Crippen LogP contribution in [0.15, 0.2) is 47.1 Å². The van der Waals surface area contributed by atoms with Crippen LogP contribution >= 0.6 is 11.3 Å². The van der Waals surface area contributed by atoms with E-state index in [9.17, 15) is 4.79 Å². The Balaban J connectivity index is 1.44. The Kier molecular flexibility index (Phi) is 3.23. The number of aryl methyl sites for hydroxylation is 1. The Morgan fingerprint density at radius 1 is 1.36 bits per heavy atom. The van der Waals surface area contributed by atoms with Crippen LogP contribution in [0.2, 0.25) is 0 Å². The highest BCUT2D eigenvalue weighted by atomic mass is 32.1. The first-order valence-corrected chi connectivity index (χ1v) is 8.02. The zero-order valence-corrected chi connectivity index (χ0v) is 12.6. The molecule has 0 atom stereocenters. The Hall–Kier alpha value is -2.47. The van der Waals surface area contributed by atoms with Crippen molar-refractivity contribution < 1.29 is 4.79 Å². The van der Waals surface area contributed by atoms with E-state index in [1.807, 2.05) is 34.3 Å². The summed E-state index contributed by atoms with van der Waals surface area (Å²) in [6, 6.07) is 8.19. The first kappa shape index (κ1) is 13.2. The summed E-state index contributed by atoms with van der Waals surface area (Å²) in [6.07, 6.45) is 5.92. The van der Waals surface area contributed by atoms with Crippen LogP contribution in [0, 0.1) is 0 Å². The molecule has 110 valence electrons. The summed E-state index contributed by atoms with van der Waals surface area (Å²) in [7, 11) is 0. The van der Waals surface area contributed by atoms with Gasteiger partial charge in [0.1, 0.15) is 0 Å². The molecule has 5 nitrogen and oxygen atoms in total. The average molecular weight is 310 g/mol. The standard InChI is InChI=1S/C16H14N4OS/c21-15(9-12-10-20-7-8-22-16(20)17-12)19-18-14-6-5-11-3-1-2-4-13(11)14/h1-4,7-8,10H,5-6,9H2,(H,19,21)/b18-14-. The summed E-state index contributed by atoms with van der Waals surface area (Å²) in [5.74, 6) is -0.136. The van der Waals surface area contributed by atoms with Gasteiger partial charge in [-0.25, -0.2) is 10.4 Å². The molecule has 4 rings (SSSR count). The molecular formula is C16H14N4OS. The largest absolute Gasteiger partial charge is 0.297 e. The number of rotatable bonds is 3. The molecule has 2 heterocycles. The van der Waals surface area contributed by atoms with Crippen LogP contribution in [0.1, 0.15) is 23.2 Å². The number of thiazole rings is 1. The first-order valence-electron chi connectivity index (χ1n) is 7.14. The molecule has 1 aromatic carbocycles. The summed E-state index contributed by atoms with van der Waals surface area (Å²) >= 11 is 1.55. The number of carbonyl (C=O) groups is 1. The van der Waals surface area contributed by atoms with Crippen LogP contribution in [-0.2, 0) is 17.6 Å². The third-order valence-electron chi connectivity index (χ3n) is 3.76. The molecule has 0 unspecified atom stereocenters. The number of carbonyl (C=O) groups excluding carboxylic acids is 1. The molecule has 0 bridgehead atoms. The second-order valence-corrected chi connectivity index (χ2v) is 6.13. The lowest BCUT2D eigenvalue weighted by Crippen LogP contribution is -2.21. The third-order valence-corrected chi connectivity index (χ3v) is 4.53. The van der Waals surface area contributed by atoms with Gasteiger partial charge in [0.05, 0.1) is 17.8 Å². The topological polar surface area (TPSA) is 58.8 Å². The van der Waals surface area contributed by atoms with Crippen molar-refractivity contribution in [2.45, 2.75) is 19.3 Å². The van der Waals surface area contributed by atoms with Gasteiger partial charge in [-0.1, -0.05) is 24.3 Å². The number of hydrogen-bond acceptors (Lipinski definition) is 4. The van der Waals surface area contributed by atoms with Crippen molar-refractivity contribution in [3.05, 3.63) is 58.9 Å². The van der Waals surface area contributed by atoms with Gasteiger partial charge >= 0.3 is 0 Å². The lowest BCUT2D eigenvalue weighted by molar-refractivity contribution is -0.120. The predicted octanol–water partition coefficient (Wildman–Crippen LogP) is 2.41. The summed E-state index contributed by atoms with van der Waals surface area (Å²) < 4.78 is 1.92. The molecule has 0 saturated carbocycles. The van der Waals surface area contributed by atoms with E-state index in [0.717, 1.165) is 34.8 Å². The normalized spacial score (nSPS) is 15.4. The molecule has 1 aliphatic rings. The van der Waals surface area contributed by atoms with Gasteiger partial charge in [0.25, 0.3) is 0 Å². The van der Waals surface area contributed by atoms with E-state index in [1.165, 1.54) is 5.56 Å². The van der Waals surface area contributed by atoms with Gasteiger partial charge in [0, 0.05) is 23.3 Å². The molecule has 1 aliphatic carbocycles. The second-order valence-electron chi connectivity index (χ2n) is 5.25. The quantitative estimate of drug-likeness (QED) is 0.755. The molecule has 3 aromatic rings. The minimum atomic E-state index is -0.136. The lowest BCUT2D eigenvalue weighted by atomic mass is 10.1. The molecule has 0 aliphatic heterocycles. The highest BCUT2D eigenvalue weighted by molar-refractivity contribution is 7.15. The molecule has 0 saturated heterocycles. The fourth-order valence-electron chi connectivity index (χ4n) is 2.72. The monoisotopic (exact) mass is 310 g/mol. The highest BCUT2D eigenvalue weighted by Gasteiger charge is 2.17. The SMILES string of the molecule is O=C(Cc1cn2ccsc2n1)N/N=C1/CCc2ccccc21. The fraction of sp³-hybridized carbons (Fsp3) is 0.188. The van der Waals surface area contributed by atoms with E-state index in [-0.39, 0.29) is 12.3 Å². The minimum absolute atomic E-state index is 0.136. The van der Waals surface area contributed by atoms with E-state index in [1.54, 1.807) is 11.3 Å². The van der Waals surface area contributed by atoms with Crippen LogP contribution in [-0.4, -0.2) is 21.0 Å². The summed E-state index contributed by atoms with van der Waals surface area (Å²) in [5, 5.41) is 6.26. The highest BCUT2D eigenvalue weighted by Crippen LogP contribution is 2.21. The number of imidazole rings is 1. The minimum Gasteiger partial charge on any atom is -0.297 e. The maximum absolute atomic E-state index is 12.0. The molecule has 0 fully saturated rings. The van der Waals surface area contributed by atoms with Gasteiger partial charge in [-0.15, -0.1) is 11.3 Å². The van der Waals surface area contributed by atoms with Crippen molar-refractivity contribution in [1.29, 1.82) is 0 Å². The molecule has 2 aromatic heterocycles. The maximum Gasteiger partial charge on any atom is 0.246 e. The van der Waals surface area contributed by atoms with Crippen molar-refractivity contribution in [3.63, 3.8) is 0 Å². The Labute approximate surface area is 131 Å². The van der Waals surface area contributed by atoms with E-state index >= 15 is 0 Å². The number of amides is 1. The molecular weight excluding hydrogens is 296 g/mol. The molecule has 1 N–H and O–H groups in total. The van der Waals surface area contributed by atoms with Crippen molar-refractivity contribution in [2.24, 2.45) is 5.10 Å². The second kappa shape index (κ2) is 5.38. The number of nitrogens with one attached hydrogen (secondary N) is 1. The number of fused-ring (bicyclic) bond motifs is 2. The molecule has 6 heteroatoms. The van der Waals surface area contributed by atoms with Gasteiger partial charge in [0.15, 0.2) is 4.96 Å². The zero-order chi connectivity index (χ0) is 14.9. The lowest BCUT2D eigenvalue weighted by Gasteiger charge is -2.01. The van der Waals surface area contributed by atoms with E-state index in [4.69, 9.17) is 0 Å². The number of nitrogens with zero attached hydrogens (tertiary/aromatic N) is 3. The Morgan fingerprint density at radius 3 is 3.18 bits per heavy atom. The Bertz CT molecular complexity index is 849. The summed E-state index contributed by atoms with van der Waals surface area (Å²) in [6.45, 7) is 0. The van der Waals surface area contributed by atoms with Crippen molar-refractivity contribution in [2.75, 3.05) is 0 Å². The number of benzene rings is 1. The summed E-state index contributed by atoms with van der Waals surface area (Å²) in [5.41, 5.74) is 6.81. The smallest absolute Gasteiger partial charge is 0.246 e. The van der Waals surface area contributed by atoms with Crippen LogP contribution in [0.25, 0.3) is 4.96 Å². The van der Waals surface area contributed by atoms with Crippen LogP contribution in [0.5, 0.6) is 0 Å². The fourth-order valence-corrected chi connectivity index (χ4v) is 3.44. The number of hydrazone groups is 1. The van der Waals surface area contributed by atoms with Gasteiger partial charge in [0.2, 0.25) is 5.91 Å². The zero-order valence-electron chi connectivity index (χ0n) is 11.8. The maximum atomic E-state index is 12.0. The van der Waals surface area contributed by atoms with Crippen LogP contribution in [0.4, 0.5) is 0 Å². The summed E-state index contributed by atoms with van der Waals surface area (Å²) in [4.78, 5) is 17.3.